The highest BCUT2D eigenvalue weighted by atomic mass is 16.5. The molecule has 2 aromatic heterocycles. The topological polar surface area (TPSA) is 71.2 Å². The number of hydrogen-bond donors (Lipinski definition) is 0. The first-order valence-electron chi connectivity index (χ1n) is 9.61. The number of hydrogen-bond acceptors (Lipinski definition) is 4. The zero-order valence-corrected chi connectivity index (χ0v) is 16.6. The molecule has 0 N–H and O–H groups in total. The molecule has 29 heavy (non-hydrogen) atoms. The number of aromatic nitrogens is 2. The second kappa shape index (κ2) is 7.90. The Morgan fingerprint density at radius 1 is 1.21 bits per heavy atom. The first-order chi connectivity index (χ1) is 14.1. The van der Waals surface area contributed by atoms with Crippen molar-refractivity contribution >= 4 is 22.9 Å². The van der Waals surface area contributed by atoms with Gasteiger partial charge in [-0.1, -0.05) is 6.07 Å². The predicted molar refractivity (Wildman–Crippen MR) is 112 cm³/mol. The smallest absolute Gasteiger partial charge is 0.264 e. The standard InChI is InChI=1S/C23H22N4O2/c1-16-12-19(13-20(15-24)23(28)26-8-10-29-11-9-26)17(2)27(16)21-5-6-22-18(14-21)4-3-7-25-22/h3-7,12-14H,8-11H2,1-2H3/b20-13-. The average molecular weight is 386 g/mol. The van der Waals surface area contributed by atoms with Crippen LogP contribution in [0.3, 0.4) is 0 Å². The number of nitrogens with zero attached hydrogens (tertiary/aromatic N) is 4. The van der Waals surface area contributed by atoms with Crippen molar-refractivity contribution in [3.63, 3.8) is 0 Å². The van der Waals surface area contributed by atoms with E-state index in [1.165, 1.54) is 0 Å². The molecule has 3 heterocycles. The van der Waals surface area contributed by atoms with E-state index in [1.807, 2.05) is 44.2 Å². The SMILES string of the molecule is Cc1cc(/C=C(/C#N)C(=O)N2CCOCC2)c(C)n1-c1ccc2ncccc2c1. The molecule has 0 atom stereocenters. The maximum Gasteiger partial charge on any atom is 0.264 e. The molecule has 4 rings (SSSR count). The molecule has 0 radical (unpaired) electrons. The number of morpholine rings is 1. The molecule has 1 saturated heterocycles. The van der Waals surface area contributed by atoms with Gasteiger partial charge in [0.2, 0.25) is 0 Å². The largest absolute Gasteiger partial charge is 0.378 e. The number of carbonyl (C=O) groups is 1. The van der Waals surface area contributed by atoms with E-state index in [0.717, 1.165) is 33.5 Å². The normalized spacial score (nSPS) is 14.8. The Morgan fingerprint density at radius 3 is 2.76 bits per heavy atom. The summed E-state index contributed by atoms with van der Waals surface area (Å²) in [7, 11) is 0. The van der Waals surface area contributed by atoms with Crippen LogP contribution in [0.5, 0.6) is 0 Å². The Bertz CT molecular complexity index is 1150. The van der Waals surface area contributed by atoms with Gasteiger partial charge in [-0.3, -0.25) is 9.78 Å². The highest BCUT2D eigenvalue weighted by Crippen LogP contribution is 2.25. The van der Waals surface area contributed by atoms with Gasteiger partial charge in [-0.25, -0.2) is 0 Å². The summed E-state index contributed by atoms with van der Waals surface area (Å²) in [6.07, 6.45) is 3.48. The van der Waals surface area contributed by atoms with Gasteiger partial charge in [-0.2, -0.15) is 5.26 Å². The summed E-state index contributed by atoms with van der Waals surface area (Å²) in [4.78, 5) is 18.8. The van der Waals surface area contributed by atoms with Crippen LogP contribution in [-0.2, 0) is 9.53 Å². The fourth-order valence-electron chi connectivity index (χ4n) is 3.77. The summed E-state index contributed by atoms with van der Waals surface area (Å²) in [6.45, 7) is 6.07. The predicted octanol–water partition coefficient (Wildman–Crippen LogP) is 3.41. The van der Waals surface area contributed by atoms with Crippen LogP contribution >= 0.6 is 0 Å². The van der Waals surface area contributed by atoms with Crippen molar-refractivity contribution in [1.29, 1.82) is 5.26 Å². The van der Waals surface area contributed by atoms with Crippen LogP contribution in [0.4, 0.5) is 0 Å². The lowest BCUT2D eigenvalue weighted by Crippen LogP contribution is -2.41. The van der Waals surface area contributed by atoms with Crippen LogP contribution in [0.2, 0.25) is 0 Å². The monoisotopic (exact) mass is 386 g/mol. The minimum absolute atomic E-state index is 0.148. The molecule has 0 unspecified atom stereocenters. The fraction of sp³-hybridized carbons (Fsp3) is 0.261. The quantitative estimate of drug-likeness (QED) is 0.511. The molecule has 6 heteroatoms. The van der Waals surface area contributed by atoms with Gasteiger partial charge in [0.25, 0.3) is 5.91 Å². The molecular formula is C23H22N4O2. The van der Waals surface area contributed by atoms with Crippen LogP contribution < -0.4 is 0 Å². The van der Waals surface area contributed by atoms with E-state index in [0.29, 0.717) is 26.3 Å². The molecule has 3 aromatic rings. The second-order valence-electron chi connectivity index (χ2n) is 7.12. The molecular weight excluding hydrogens is 364 g/mol. The maximum atomic E-state index is 12.7. The lowest BCUT2D eigenvalue weighted by atomic mass is 10.1. The number of rotatable bonds is 3. The Hall–Kier alpha value is -3.43. The van der Waals surface area contributed by atoms with E-state index in [9.17, 15) is 10.1 Å². The van der Waals surface area contributed by atoms with Crippen molar-refractivity contribution < 1.29 is 9.53 Å². The number of aryl methyl sites for hydroxylation is 1. The average Bonchev–Trinajstić information content (AvgIpc) is 3.04. The Kier molecular flexibility index (Phi) is 5.15. The first kappa shape index (κ1) is 18.9. The number of carbonyl (C=O) groups excluding carboxylic acids is 1. The molecule has 1 aliphatic rings. The highest BCUT2D eigenvalue weighted by molar-refractivity contribution is 6.02. The molecule has 146 valence electrons. The zero-order valence-electron chi connectivity index (χ0n) is 16.6. The summed E-state index contributed by atoms with van der Waals surface area (Å²) >= 11 is 0. The first-order valence-corrected chi connectivity index (χ1v) is 9.61. The Labute approximate surface area is 169 Å². The third-order valence-electron chi connectivity index (χ3n) is 5.26. The van der Waals surface area contributed by atoms with Crippen molar-refractivity contribution in [1.82, 2.24) is 14.5 Å². The van der Waals surface area contributed by atoms with Crippen molar-refractivity contribution in [2.24, 2.45) is 0 Å². The molecule has 1 fully saturated rings. The molecule has 1 aliphatic heterocycles. The van der Waals surface area contributed by atoms with Crippen LogP contribution in [0.1, 0.15) is 17.0 Å². The third-order valence-corrected chi connectivity index (χ3v) is 5.26. The van der Waals surface area contributed by atoms with Crippen LogP contribution in [0.15, 0.2) is 48.2 Å². The maximum absolute atomic E-state index is 12.7. The number of fused-ring (bicyclic) bond motifs is 1. The lowest BCUT2D eigenvalue weighted by Gasteiger charge is -2.26. The molecule has 0 aliphatic carbocycles. The van der Waals surface area contributed by atoms with E-state index < -0.39 is 0 Å². The second-order valence-corrected chi connectivity index (χ2v) is 7.12. The zero-order chi connectivity index (χ0) is 20.4. The number of benzene rings is 1. The van der Waals surface area contributed by atoms with Gasteiger partial charge in [0.1, 0.15) is 11.6 Å². The lowest BCUT2D eigenvalue weighted by molar-refractivity contribution is -0.130. The molecule has 0 spiro atoms. The van der Waals surface area contributed by atoms with E-state index in [4.69, 9.17) is 4.74 Å². The number of ether oxygens (including phenoxy) is 1. The fourth-order valence-corrected chi connectivity index (χ4v) is 3.77. The number of amides is 1. The Balaban J connectivity index is 1.71. The van der Waals surface area contributed by atoms with Crippen molar-refractivity contribution in [2.75, 3.05) is 26.3 Å². The van der Waals surface area contributed by atoms with Gasteiger partial charge in [-0.15, -0.1) is 0 Å². The minimum atomic E-state index is -0.239. The summed E-state index contributed by atoms with van der Waals surface area (Å²) in [6, 6.07) is 14.2. The van der Waals surface area contributed by atoms with Gasteiger partial charge >= 0.3 is 0 Å². The van der Waals surface area contributed by atoms with E-state index >= 15 is 0 Å². The van der Waals surface area contributed by atoms with Crippen LogP contribution in [-0.4, -0.2) is 46.7 Å². The third kappa shape index (κ3) is 3.65. The Morgan fingerprint density at radius 2 is 2.00 bits per heavy atom. The molecule has 1 amide bonds. The van der Waals surface area contributed by atoms with E-state index in [1.54, 1.807) is 17.2 Å². The van der Waals surface area contributed by atoms with E-state index in [2.05, 4.69) is 21.7 Å². The number of pyridine rings is 1. The van der Waals surface area contributed by atoms with Crippen molar-refractivity contribution in [3.8, 4) is 11.8 Å². The highest BCUT2D eigenvalue weighted by Gasteiger charge is 2.21. The van der Waals surface area contributed by atoms with Gasteiger partial charge in [0.05, 0.1) is 18.7 Å². The van der Waals surface area contributed by atoms with Crippen molar-refractivity contribution in [2.45, 2.75) is 13.8 Å². The van der Waals surface area contributed by atoms with Gasteiger partial charge in [0.15, 0.2) is 0 Å². The van der Waals surface area contributed by atoms with Gasteiger partial charge in [0, 0.05) is 41.7 Å². The number of nitriles is 1. The van der Waals surface area contributed by atoms with Crippen LogP contribution in [0.25, 0.3) is 22.7 Å². The van der Waals surface area contributed by atoms with Crippen molar-refractivity contribution in [3.05, 3.63) is 65.1 Å². The molecule has 0 saturated carbocycles. The summed E-state index contributed by atoms with van der Waals surface area (Å²) < 4.78 is 7.43. The summed E-state index contributed by atoms with van der Waals surface area (Å²) in [5, 5.41) is 10.6. The molecule has 6 nitrogen and oxygen atoms in total. The van der Waals surface area contributed by atoms with Gasteiger partial charge in [-0.05, 0) is 55.8 Å². The van der Waals surface area contributed by atoms with Crippen LogP contribution in [0, 0.1) is 25.2 Å². The minimum Gasteiger partial charge on any atom is -0.378 e. The summed E-state index contributed by atoms with van der Waals surface area (Å²) in [5.74, 6) is -0.239. The van der Waals surface area contributed by atoms with Gasteiger partial charge < -0.3 is 14.2 Å². The van der Waals surface area contributed by atoms with E-state index in [-0.39, 0.29) is 11.5 Å². The molecule has 1 aromatic carbocycles. The molecule has 0 bridgehead atoms. The summed E-state index contributed by atoms with van der Waals surface area (Å²) in [5.41, 5.74) is 5.00.